The molecule has 0 heterocycles. The van der Waals surface area contributed by atoms with Gasteiger partial charge in [-0.3, -0.25) is 4.79 Å². The fraction of sp³-hybridized carbons (Fsp3) is 0.222. The van der Waals surface area contributed by atoms with Crippen LogP contribution in [-0.2, 0) is 11.2 Å². The Morgan fingerprint density at radius 3 is 2.50 bits per heavy atom. The van der Waals surface area contributed by atoms with E-state index in [2.05, 4.69) is 0 Å². The number of rotatable bonds is 3. The molecule has 14 heavy (non-hydrogen) atoms. The first-order chi connectivity index (χ1) is 6.50. The van der Waals surface area contributed by atoms with Gasteiger partial charge < -0.3 is 11.5 Å². The van der Waals surface area contributed by atoms with Crippen molar-refractivity contribution < 1.29 is 13.6 Å². The van der Waals surface area contributed by atoms with E-state index in [1.54, 1.807) is 0 Å². The van der Waals surface area contributed by atoms with E-state index in [-0.39, 0.29) is 6.42 Å². The molecule has 1 atom stereocenters. The molecular weight excluding hydrogens is 190 g/mol. The third-order valence-corrected chi connectivity index (χ3v) is 1.81. The van der Waals surface area contributed by atoms with Gasteiger partial charge >= 0.3 is 0 Å². The minimum Gasteiger partial charge on any atom is -0.368 e. The third kappa shape index (κ3) is 2.50. The second kappa shape index (κ2) is 4.15. The number of halogens is 2. The normalized spacial score (nSPS) is 12.5. The van der Waals surface area contributed by atoms with Crippen molar-refractivity contribution in [1.29, 1.82) is 0 Å². The van der Waals surface area contributed by atoms with Crippen LogP contribution in [0.2, 0.25) is 0 Å². The molecule has 0 aromatic heterocycles. The molecule has 0 spiro atoms. The van der Waals surface area contributed by atoms with Crippen molar-refractivity contribution in [2.24, 2.45) is 11.5 Å². The lowest BCUT2D eigenvalue weighted by Gasteiger charge is -2.07. The summed E-state index contributed by atoms with van der Waals surface area (Å²) in [5, 5.41) is 0. The topological polar surface area (TPSA) is 69.1 Å². The molecule has 76 valence electrons. The molecule has 1 amide bonds. The van der Waals surface area contributed by atoms with Crippen molar-refractivity contribution in [1.82, 2.24) is 0 Å². The maximum absolute atomic E-state index is 12.7. The first-order valence-corrected chi connectivity index (χ1v) is 3.99. The number of benzene rings is 1. The van der Waals surface area contributed by atoms with E-state index in [4.69, 9.17) is 11.5 Å². The molecule has 1 aromatic carbocycles. The second-order valence-corrected chi connectivity index (χ2v) is 2.96. The van der Waals surface area contributed by atoms with Crippen LogP contribution >= 0.6 is 0 Å². The second-order valence-electron chi connectivity index (χ2n) is 2.96. The molecule has 5 heteroatoms. The number of primary amides is 1. The summed E-state index contributed by atoms with van der Waals surface area (Å²) in [7, 11) is 0. The number of hydrogen-bond donors (Lipinski definition) is 2. The van der Waals surface area contributed by atoms with Crippen LogP contribution in [0, 0.1) is 11.6 Å². The first-order valence-electron chi connectivity index (χ1n) is 3.99. The van der Waals surface area contributed by atoms with Crippen LogP contribution in [0.25, 0.3) is 0 Å². The molecule has 0 saturated heterocycles. The predicted molar refractivity (Wildman–Crippen MR) is 47.2 cm³/mol. The van der Waals surface area contributed by atoms with E-state index in [1.807, 2.05) is 0 Å². The Balaban J connectivity index is 2.78. The van der Waals surface area contributed by atoms with Crippen LogP contribution < -0.4 is 11.5 Å². The lowest BCUT2D eigenvalue weighted by Crippen LogP contribution is -2.38. The number of hydrogen-bond acceptors (Lipinski definition) is 2. The molecule has 0 radical (unpaired) electrons. The van der Waals surface area contributed by atoms with Gasteiger partial charge in [0.2, 0.25) is 5.91 Å². The van der Waals surface area contributed by atoms with Gasteiger partial charge in [0.15, 0.2) is 11.6 Å². The molecule has 0 fully saturated rings. The van der Waals surface area contributed by atoms with Gasteiger partial charge in [-0.15, -0.1) is 0 Å². The highest BCUT2D eigenvalue weighted by Gasteiger charge is 2.11. The molecule has 1 aromatic rings. The molecule has 0 aliphatic carbocycles. The Kier molecular flexibility index (Phi) is 3.14. The molecule has 0 aliphatic rings. The largest absolute Gasteiger partial charge is 0.368 e. The highest BCUT2D eigenvalue weighted by atomic mass is 19.2. The van der Waals surface area contributed by atoms with E-state index >= 15 is 0 Å². The van der Waals surface area contributed by atoms with Crippen molar-refractivity contribution in [2.75, 3.05) is 0 Å². The summed E-state index contributed by atoms with van der Waals surface area (Å²) in [4.78, 5) is 10.6. The van der Waals surface area contributed by atoms with Crippen LogP contribution in [0.4, 0.5) is 8.78 Å². The lowest BCUT2D eigenvalue weighted by atomic mass is 10.1. The van der Waals surface area contributed by atoms with Crippen LogP contribution in [0.1, 0.15) is 5.56 Å². The van der Waals surface area contributed by atoms with Gasteiger partial charge in [0.1, 0.15) is 0 Å². The monoisotopic (exact) mass is 200 g/mol. The molecule has 0 unspecified atom stereocenters. The third-order valence-electron chi connectivity index (χ3n) is 1.81. The average Bonchev–Trinajstić information content (AvgIpc) is 2.11. The van der Waals surface area contributed by atoms with E-state index in [0.717, 1.165) is 12.1 Å². The van der Waals surface area contributed by atoms with E-state index < -0.39 is 23.6 Å². The standard InChI is InChI=1S/C9H10F2N2O/c10-6-2-1-5(3-7(6)11)4-8(12)9(13)14/h1-3,8H,4,12H2,(H2,13,14)/t8-/m1/s1. The zero-order chi connectivity index (χ0) is 10.7. The minimum absolute atomic E-state index is 0.104. The zero-order valence-electron chi connectivity index (χ0n) is 7.34. The van der Waals surface area contributed by atoms with E-state index in [0.29, 0.717) is 5.56 Å². The fourth-order valence-electron chi connectivity index (χ4n) is 1.02. The minimum atomic E-state index is -0.959. The van der Waals surface area contributed by atoms with Gasteiger partial charge in [0.05, 0.1) is 6.04 Å². The molecule has 0 bridgehead atoms. The summed E-state index contributed by atoms with van der Waals surface area (Å²) in [6.45, 7) is 0. The van der Waals surface area contributed by atoms with Gasteiger partial charge in [0, 0.05) is 0 Å². The Hall–Kier alpha value is -1.49. The Labute approximate surface area is 79.7 Å². The summed E-state index contributed by atoms with van der Waals surface area (Å²) in [6, 6.07) is 2.47. The van der Waals surface area contributed by atoms with Crippen molar-refractivity contribution in [3.63, 3.8) is 0 Å². The van der Waals surface area contributed by atoms with Crippen molar-refractivity contribution in [3.8, 4) is 0 Å². The smallest absolute Gasteiger partial charge is 0.234 e. The first kappa shape index (κ1) is 10.6. The molecule has 1 rings (SSSR count). The van der Waals surface area contributed by atoms with Gasteiger partial charge in [-0.1, -0.05) is 6.07 Å². The summed E-state index contributed by atoms with van der Waals surface area (Å²) >= 11 is 0. The maximum atomic E-state index is 12.7. The summed E-state index contributed by atoms with van der Waals surface area (Å²) < 4.78 is 25.2. The molecule has 0 aliphatic heterocycles. The van der Waals surface area contributed by atoms with Crippen molar-refractivity contribution in [2.45, 2.75) is 12.5 Å². The Bertz CT molecular complexity index is 355. The van der Waals surface area contributed by atoms with E-state index in [9.17, 15) is 13.6 Å². The Morgan fingerprint density at radius 2 is 2.00 bits per heavy atom. The van der Waals surface area contributed by atoms with Crippen LogP contribution in [0.3, 0.4) is 0 Å². The SMILES string of the molecule is NC(=O)[C@H](N)Cc1ccc(F)c(F)c1. The molecule has 3 nitrogen and oxygen atoms in total. The quantitative estimate of drug-likeness (QED) is 0.737. The van der Waals surface area contributed by atoms with Gasteiger partial charge in [-0.25, -0.2) is 8.78 Å². The molecule has 0 saturated carbocycles. The number of nitrogens with two attached hydrogens (primary N) is 2. The van der Waals surface area contributed by atoms with Crippen molar-refractivity contribution in [3.05, 3.63) is 35.4 Å². The Morgan fingerprint density at radius 1 is 1.36 bits per heavy atom. The summed E-state index contributed by atoms with van der Waals surface area (Å²) in [6.07, 6.45) is 0.104. The number of carbonyl (C=O) groups is 1. The summed E-state index contributed by atoms with van der Waals surface area (Å²) in [5.41, 5.74) is 10.7. The lowest BCUT2D eigenvalue weighted by molar-refractivity contribution is -0.119. The summed E-state index contributed by atoms with van der Waals surface area (Å²) in [5.74, 6) is -2.56. The average molecular weight is 200 g/mol. The number of amides is 1. The fourth-order valence-corrected chi connectivity index (χ4v) is 1.02. The van der Waals surface area contributed by atoms with E-state index in [1.165, 1.54) is 6.07 Å². The predicted octanol–water partition coefficient (Wildman–Crippen LogP) is 0.320. The molecular formula is C9H10F2N2O. The molecule has 4 N–H and O–H groups in total. The van der Waals surface area contributed by atoms with Crippen molar-refractivity contribution >= 4 is 5.91 Å². The van der Waals surface area contributed by atoms with Crippen LogP contribution in [-0.4, -0.2) is 11.9 Å². The van der Waals surface area contributed by atoms with Gasteiger partial charge in [-0.05, 0) is 24.1 Å². The zero-order valence-corrected chi connectivity index (χ0v) is 7.34. The maximum Gasteiger partial charge on any atom is 0.234 e. The van der Waals surface area contributed by atoms with Gasteiger partial charge in [-0.2, -0.15) is 0 Å². The highest BCUT2D eigenvalue weighted by Crippen LogP contribution is 2.09. The van der Waals surface area contributed by atoms with Crippen LogP contribution in [0.15, 0.2) is 18.2 Å². The van der Waals surface area contributed by atoms with Gasteiger partial charge in [0.25, 0.3) is 0 Å². The van der Waals surface area contributed by atoms with Crippen LogP contribution in [0.5, 0.6) is 0 Å². The highest BCUT2D eigenvalue weighted by molar-refractivity contribution is 5.79. The number of carbonyl (C=O) groups excluding carboxylic acids is 1.